The lowest BCUT2D eigenvalue weighted by Crippen LogP contribution is -2.21. The van der Waals surface area contributed by atoms with Crippen molar-refractivity contribution in [2.75, 3.05) is 33.0 Å². The number of benzene rings is 4. The SMILES string of the molecule is CC(COc1ccc(C(=O)Oc2ccc(OCC3CO3)cc2)cc1)Oc1ccc(C(=O)Oc2ccc(OCC3CO3)cc2)cc1. The van der Waals surface area contributed by atoms with Gasteiger partial charge in [-0.1, -0.05) is 0 Å². The zero-order valence-corrected chi connectivity index (χ0v) is 24.6. The van der Waals surface area contributed by atoms with Gasteiger partial charge in [-0.15, -0.1) is 0 Å². The summed E-state index contributed by atoms with van der Waals surface area (Å²) in [5.74, 6) is 2.42. The number of ether oxygens (including phenoxy) is 8. The highest BCUT2D eigenvalue weighted by Crippen LogP contribution is 2.23. The van der Waals surface area contributed by atoms with Crippen molar-refractivity contribution in [1.82, 2.24) is 0 Å². The third kappa shape index (κ3) is 9.21. The summed E-state index contributed by atoms with van der Waals surface area (Å²) in [4.78, 5) is 25.1. The molecule has 0 N–H and O–H groups in total. The molecule has 2 aliphatic heterocycles. The van der Waals surface area contributed by atoms with Crippen molar-refractivity contribution in [2.24, 2.45) is 0 Å². The van der Waals surface area contributed by atoms with E-state index in [1.165, 1.54) is 0 Å². The first kappa shape index (κ1) is 30.0. The molecule has 4 aromatic carbocycles. The molecular weight excluding hydrogens is 580 g/mol. The van der Waals surface area contributed by atoms with Crippen LogP contribution in [0.15, 0.2) is 97.1 Å². The molecule has 2 saturated heterocycles. The fourth-order valence-corrected chi connectivity index (χ4v) is 4.08. The molecule has 0 spiro atoms. The van der Waals surface area contributed by atoms with E-state index < -0.39 is 11.9 Å². The maximum atomic E-state index is 12.6. The van der Waals surface area contributed by atoms with Gasteiger partial charge in [-0.3, -0.25) is 0 Å². The minimum Gasteiger partial charge on any atom is -0.491 e. The molecule has 2 fully saturated rings. The van der Waals surface area contributed by atoms with Crippen LogP contribution in [0, 0.1) is 0 Å². The molecule has 232 valence electrons. The first-order chi connectivity index (χ1) is 22.0. The molecule has 0 saturated carbocycles. The van der Waals surface area contributed by atoms with Crippen molar-refractivity contribution in [3.63, 3.8) is 0 Å². The molecule has 10 heteroatoms. The minimum absolute atomic E-state index is 0.173. The van der Waals surface area contributed by atoms with E-state index in [0.717, 1.165) is 13.2 Å². The van der Waals surface area contributed by atoms with E-state index in [4.69, 9.17) is 37.9 Å². The lowest BCUT2D eigenvalue weighted by Gasteiger charge is -2.16. The Labute approximate surface area is 260 Å². The van der Waals surface area contributed by atoms with Crippen LogP contribution in [0.2, 0.25) is 0 Å². The lowest BCUT2D eigenvalue weighted by atomic mass is 10.2. The maximum Gasteiger partial charge on any atom is 0.343 e. The Bertz CT molecular complexity index is 1560. The second-order valence-corrected chi connectivity index (χ2v) is 10.5. The molecule has 0 bridgehead atoms. The van der Waals surface area contributed by atoms with Crippen LogP contribution in [0.4, 0.5) is 0 Å². The summed E-state index contributed by atoms with van der Waals surface area (Å²) in [5.41, 5.74) is 0.781. The average molecular weight is 613 g/mol. The maximum absolute atomic E-state index is 12.6. The smallest absolute Gasteiger partial charge is 0.343 e. The number of esters is 2. The van der Waals surface area contributed by atoms with E-state index in [0.29, 0.717) is 58.8 Å². The number of rotatable bonds is 15. The van der Waals surface area contributed by atoms with Gasteiger partial charge in [0.05, 0.1) is 24.3 Å². The topological polar surface area (TPSA) is 115 Å². The van der Waals surface area contributed by atoms with Gasteiger partial charge in [0.2, 0.25) is 0 Å². The summed E-state index contributed by atoms with van der Waals surface area (Å²) in [6.07, 6.45) is 0.0571. The van der Waals surface area contributed by atoms with Crippen LogP contribution < -0.4 is 28.4 Å². The van der Waals surface area contributed by atoms with Crippen molar-refractivity contribution in [2.45, 2.75) is 25.2 Å². The van der Waals surface area contributed by atoms with Crippen LogP contribution in [0.5, 0.6) is 34.5 Å². The predicted octanol–water partition coefficient (Wildman–Crippen LogP) is 5.53. The highest BCUT2D eigenvalue weighted by atomic mass is 16.6. The summed E-state index contributed by atoms with van der Waals surface area (Å²) in [6, 6.07) is 27.1. The lowest BCUT2D eigenvalue weighted by molar-refractivity contribution is 0.0724. The standard InChI is InChI=1S/C35H32O10/c1-23(43-29-8-4-25(5-9-29)35(37)45-31-16-12-28(13-17-31)40-20-33-22-42-33)18-38-26-6-2-24(3-7-26)34(36)44-30-14-10-27(11-15-30)39-19-32-21-41-32/h2-17,23,32-33H,18-22H2,1H3. The molecular formula is C35H32O10. The van der Waals surface area contributed by atoms with E-state index in [-0.39, 0.29) is 24.9 Å². The second-order valence-electron chi connectivity index (χ2n) is 10.5. The molecule has 4 aromatic rings. The molecule has 10 nitrogen and oxygen atoms in total. The molecule has 0 aromatic heterocycles. The molecule has 2 heterocycles. The van der Waals surface area contributed by atoms with E-state index in [1.54, 1.807) is 97.1 Å². The van der Waals surface area contributed by atoms with Gasteiger partial charge in [-0.05, 0) is 104 Å². The molecule has 3 unspecified atom stereocenters. The van der Waals surface area contributed by atoms with Crippen molar-refractivity contribution in [1.29, 1.82) is 0 Å². The Morgan fingerprint density at radius 1 is 0.578 bits per heavy atom. The number of hydrogen-bond acceptors (Lipinski definition) is 10. The van der Waals surface area contributed by atoms with Crippen LogP contribution in [0.25, 0.3) is 0 Å². The predicted molar refractivity (Wildman–Crippen MR) is 162 cm³/mol. The van der Waals surface area contributed by atoms with Crippen LogP contribution in [-0.2, 0) is 9.47 Å². The van der Waals surface area contributed by atoms with Crippen molar-refractivity contribution in [3.8, 4) is 34.5 Å². The Hall–Kier alpha value is -5.06. The van der Waals surface area contributed by atoms with Gasteiger partial charge >= 0.3 is 11.9 Å². The Balaban J connectivity index is 0.911. The van der Waals surface area contributed by atoms with Gasteiger partial charge in [0.15, 0.2) is 0 Å². The molecule has 2 aliphatic rings. The zero-order valence-electron chi connectivity index (χ0n) is 24.6. The summed E-state index contributed by atoms with van der Waals surface area (Å²) >= 11 is 0. The van der Waals surface area contributed by atoms with Crippen LogP contribution in [-0.4, -0.2) is 63.3 Å². The summed E-state index contributed by atoms with van der Waals surface area (Å²) in [6.45, 7) is 4.61. The molecule has 0 aliphatic carbocycles. The summed E-state index contributed by atoms with van der Waals surface area (Å²) in [5, 5.41) is 0. The van der Waals surface area contributed by atoms with Crippen molar-refractivity contribution < 1.29 is 47.5 Å². The van der Waals surface area contributed by atoms with Crippen LogP contribution >= 0.6 is 0 Å². The quantitative estimate of drug-likeness (QED) is 0.0965. The zero-order chi connectivity index (χ0) is 31.0. The number of hydrogen-bond donors (Lipinski definition) is 0. The Kier molecular flexibility index (Phi) is 9.43. The fraction of sp³-hybridized carbons (Fsp3) is 0.257. The van der Waals surface area contributed by atoms with Gasteiger partial charge in [0.1, 0.15) is 72.6 Å². The molecule has 6 rings (SSSR count). The molecule has 45 heavy (non-hydrogen) atoms. The molecule has 0 radical (unpaired) electrons. The van der Waals surface area contributed by atoms with Gasteiger partial charge in [-0.2, -0.15) is 0 Å². The highest BCUT2D eigenvalue weighted by Gasteiger charge is 2.23. The summed E-state index contributed by atoms with van der Waals surface area (Å²) < 4.78 is 44.1. The van der Waals surface area contributed by atoms with Gasteiger partial charge in [-0.25, -0.2) is 9.59 Å². The number of carbonyl (C=O) groups excluding carboxylic acids is 2. The highest BCUT2D eigenvalue weighted by molar-refractivity contribution is 5.91. The Morgan fingerprint density at radius 3 is 1.36 bits per heavy atom. The van der Waals surface area contributed by atoms with Crippen molar-refractivity contribution >= 4 is 11.9 Å². The minimum atomic E-state index is -0.479. The van der Waals surface area contributed by atoms with Gasteiger partial charge < -0.3 is 37.9 Å². The first-order valence-corrected chi connectivity index (χ1v) is 14.6. The van der Waals surface area contributed by atoms with E-state index in [2.05, 4.69) is 0 Å². The summed E-state index contributed by atoms with van der Waals surface area (Å²) in [7, 11) is 0. The van der Waals surface area contributed by atoms with E-state index in [9.17, 15) is 9.59 Å². The third-order valence-electron chi connectivity index (χ3n) is 6.75. The van der Waals surface area contributed by atoms with Gasteiger partial charge in [0.25, 0.3) is 0 Å². The number of epoxide rings is 2. The normalized spacial score (nSPS) is 17.0. The van der Waals surface area contributed by atoms with Crippen LogP contribution in [0.3, 0.4) is 0 Å². The van der Waals surface area contributed by atoms with Crippen LogP contribution in [0.1, 0.15) is 27.6 Å². The van der Waals surface area contributed by atoms with Gasteiger partial charge in [0, 0.05) is 0 Å². The average Bonchev–Trinajstić information content (AvgIpc) is 4.00. The van der Waals surface area contributed by atoms with E-state index >= 15 is 0 Å². The third-order valence-corrected chi connectivity index (χ3v) is 6.75. The number of carbonyl (C=O) groups is 2. The monoisotopic (exact) mass is 612 g/mol. The Morgan fingerprint density at radius 2 is 0.933 bits per heavy atom. The molecule has 3 atom stereocenters. The van der Waals surface area contributed by atoms with Crippen molar-refractivity contribution in [3.05, 3.63) is 108 Å². The second kappa shape index (κ2) is 14.1. The molecule has 0 amide bonds. The largest absolute Gasteiger partial charge is 0.491 e. The van der Waals surface area contributed by atoms with E-state index in [1.807, 2.05) is 6.92 Å². The fourth-order valence-electron chi connectivity index (χ4n) is 4.08. The first-order valence-electron chi connectivity index (χ1n) is 14.6.